The Morgan fingerprint density at radius 1 is 1.23 bits per heavy atom. The summed E-state index contributed by atoms with van der Waals surface area (Å²) in [4.78, 5) is 0. The molecule has 0 aromatic rings. The van der Waals surface area contributed by atoms with Crippen LogP contribution in [-0.2, 0) is 4.74 Å². The summed E-state index contributed by atoms with van der Waals surface area (Å²) in [5.41, 5.74) is 0. The van der Waals surface area contributed by atoms with Gasteiger partial charge in [0.05, 0.1) is 0 Å². The lowest BCUT2D eigenvalue weighted by atomic mass is 9.96. The zero-order valence-corrected chi connectivity index (χ0v) is 9.81. The van der Waals surface area contributed by atoms with Gasteiger partial charge in [-0.1, -0.05) is 47.0 Å². The molecule has 1 heteroatoms. The summed E-state index contributed by atoms with van der Waals surface area (Å²) in [6, 6.07) is 0. The van der Waals surface area contributed by atoms with E-state index in [9.17, 15) is 0 Å². The van der Waals surface area contributed by atoms with Crippen molar-refractivity contribution in [3.8, 4) is 0 Å². The van der Waals surface area contributed by atoms with Crippen LogP contribution in [0.1, 0.15) is 53.4 Å². The third-order valence-corrected chi connectivity index (χ3v) is 2.61. The van der Waals surface area contributed by atoms with Crippen molar-refractivity contribution in [2.75, 3.05) is 13.2 Å². The minimum absolute atomic E-state index is 0.817. The molecule has 1 fully saturated rings. The Hall–Kier alpha value is -0.0400. The van der Waals surface area contributed by atoms with E-state index in [1.165, 1.54) is 25.7 Å². The highest BCUT2D eigenvalue weighted by Gasteiger charge is 2.18. The molecule has 0 radical (unpaired) electrons. The van der Waals surface area contributed by atoms with Crippen molar-refractivity contribution in [2.45, 2.75) is 53.4 Å². The highest BCUT2D eigenvalue weighted by molar-refractivity contribution is 4.66. The third-order valence-electron chi connectivity index (χ3n) is 2.61. The SMILES string of the molecule is CC(C)C1CCOC1.CCCCC. The Morgan fingerprint density at radius 2 is 1.85 bits per heavy atom. The molecule has 1 aliphatic rings. The normalized spacial score (nSPS) is 21.5. The lowest BCUT2D eigenvalue weighted by molar-refractivity contribution is 0.177. The van der Waals surface area contributed by atoms with Crippen LogP contribution in [0.5, 0.6) is 0 Å². The van der Waals surface area contributed by atoms with Crippen LogP contribution < -0.4 is 0 Å². The Labute approximate surface area is 83.9 Å². The molecule has 1 saturated heterocycles. The quantitative estimate of drug-likeness (QED) is 0.650. The fourth-order valence-electron chi connectivity index (χ4n) is 1.43. The maximum atomic E-state index is 5.22. The van der Waals surface area contributed by atoms with Gasteiger partial charge in [0, 0.05) is 13.2 Å². The highest BCUT2D eigenvalue weighted by atomic mass is 16.5. The fourth-order valence-corrected chi connectivity index (χ4v) is 1.43. The Kier molecular flexibility index (Phi) is 8.53. The van der Waals surface area contributed by atoms with E-state index in [2.05, 4.69) is 27.7 Å². The van der Waals surface area contributed by atoms with E-state index in [1.807, 2.05) is 0 Å². The Bertz CT molecular complexity index is 91.3. The van der Waals surface area contributed by atoms with E-state index in [4.69, 9.17) is 4.74 Å². The summed E-state index contributed by atoms with van der Waals surface area (Å²) < 4.78 is 5.22. The standard InChI is InChI=1S/C7H14O.C5H12/c1-6(2)7-3-4-8-5-7;1-3-5-4-2/h6-7H,3-5H2,1-2H3;3-5H2,1-2H3. The van der Waals surface area contributed by atoms with Crippen LogP contribution in [0.15, 0.2) is 0 Å². The van der Waals surface area contributed by atoms with Gasteiger partial charge in [-0.25, -0.2) is 0 Å². The molecule has 1 unspecified atom stereocenters. The molecule has 0 amide bonds. The molecular formula is C12H26O. The molecule has 1 atom stereocenters. The van der Waals surface area contributed by atoms with Crippen LogP contribution in [0.3, 0.4) is 0 Å². The van der Waals surface area contributed by atoms with Crippen molar-refractivity contribution in [3.05, 3.63) is 0 Å². The van der Waals surface area contributed by atoms with Crippen LogP contribution in [0.25, 0.3) is 0 Å². The first kappa shape index (κ1) is 13.0. The van der Waals surface area contributed by atoms with Crippen LogP contribution in [0, 0.1) is 11.8 Å². The lowest BCUT2D eigenvalue weighted by Gasteiger charge is -2.09. The topological polar surface area (TPSA) is 9.23 Å². The van der Waals surface area contributed by atoms with Crippen LogP contribution >= 0.6 is 0 Å². The first-order valence-corrected chi connectivity index (χ1v) is 5.80. The molecule has 0 aromatic carbocycles. The van der Waals surface area contributed by atoms with E-state index in [-0.39, 0.29) is 0 Å². The summed E-state index contributed by atoms with van der Waals surface area (Å²) >= 11 is 0. The summed E-state index contributed by atoms with van der Waals surface area (Å²) in [5, 5.41) is 0. The van der Waals surface area contributed by atoms with E-state index in [0.29, 0.717) is 0 Å². The van der Waals surface area contributed by atoms with Gasteiger partial charge in [-0.2, -0.15) is 0 Å². The van der Waals surface area contributed by atoms with Crippen molar-refractivity contribution in [1.82, 2.24) is 0 Å². The molecular weight excluding hydrogens is 160 g/mol. The zero-order chi connectivity index (χ0) is 10.1. The predicted octanol–water partition coefficient (Wildman–Crippen LogP) is 3.88. The van der Waals surface area contributed by atoms with Crippen molar-refractivity contribution in [1.29, 1.82) is 0 Å². The first-order valence-electron chi connectivity index (χ1n) is 5.80. The second kappa shape index (κ2) is 8.55. The van der Waals surface area contributed by atoms with Crippen molar-refractivity contribution >= 4 is 0 Å². The number of rotatable bonds is 3. The van der Waals surface area contributed by atoms with E-state index >= 15 is 0 Å². The largest absolute Gasteiger partial charge is 0.381 e. The van der Waals surface area contributed by atoms with Crippen LogP contribution in [-0.4, -0.2) is 13.2 Å². The van der Waals surface area contributed by atoms with Gasteiger partial charge in [-0.05, 0) is 18.3 Å². The average Bonchev–Trinajstić information content (AvgIpc) is 2.58. The predicted molar refractivity (Wildman–Crippen MR) is 59.0 cm³/mol. The average molecular weight is 186 g/mol. The molecule has 0 aromatic heterocycles. The number of ether oxygens (including phenoxy) is 1. The minimum atomic E-state index is 0.817. The van der Waals surface area contributed by atoms with Gasteiger partial charge in [0.15, 0.2) is 0 Å². The van der Waals surface area contributed by atoms with Crippen molar-refractivity contribution < 1.29 is 4.74 Å². The molecule has 80 valence electrons. The van der Waals surface area contributed by atoms with Gasteiger partial charge in [0.1, 0.15) is 0 Å². The first-order chi connectivity index (χ1) is 6.22. The van der Waals surface area contributed by atoms with Gasteiger partial charge in [0.25, 0.3) is 0 Å². The van der Waals surface area contributed by atoms with Gasteiger partial charge >= 0.3 is 0 Å². The van der Waals surface area contributed by atoms with E-state index in [1.54, 1.807) is 0 Å². The zero-order valence-electron chi connectivity index (χ0n) is 9.81. The maximum absolute atomic E-state index is 5.22. The Morgan fingerprint density at radius 3 is 2.00 bits per heavy atom. The van der Waals surface area contributed by atoms with Crippen LogP contribution in [0.4, 0.5) is 0 Å². The van der Waals surface area contributed by atoms with Gasteiger partial charge in [-0.15, -0.1) is 0 Å². The molecule has 1 nitrogen and oxygen atoms in total. The van der Waals surface area contributed by atoms with E-state index < -0.39 is 0 Å². The smallest absolute Gasteiger partial charge is 0.0497 e. The number of unbranched alkanes of at least 4 members (excludes halogenated alkanes) is 2. The molecule has 0 N–H and O–H groups in total. The molecule has 1 aliphatic heterocycles. The third kappa shape index (κ3) is 7.06. The molecule has 1 heterocycles. The summed E-state index contributed by atoms with van der Waals surface area (Å²) in [5.74, 6) is 1.66. The number of hydrogen-bond acceptors (Lipinski definition) is 1. The second-order valence-corrected chi connectivity index (χ2v) is 4.22. The van der Waals surface area contributed by atoms with Crippen molar-refractivity contribution in [2.24, 2.45) is 11.8 Å². The minimum Gasteiger partial charge on any atom is -0.381 e. The monoisotopic (exact) mass is 186 g/mol. The molecule has 0 spiro atoms. The van der Waals surface area contributed by atoms with Gasteiger partial charge < -0.3 is 4.74 Å². The lowest BCUT2D eigenvalue weighted by Crippen LogP contribution is -2.06. The molecule has 0 saturated carbocycles. The highest BCUT2D eigenvalue weighted by Crippen LogP contribution is 2.20. The van der Waals surface area contributed by atoms with E-state index in [0.717, 1.165) is 25.0 Å². The Balaban J connectivity index is 0.000000252. The number of hydrogen-bond donors (Lipinski definition) is 0. The summed E-state index contributed by atoms with van der Waals surface area (Å²) in [6.07, 6.45) is 5.35. The van der Waals surface area contributed by atoms with Crippen LogP contribution in [0.2, 0.25) is 0 Å². The maximum Gasteiger partial charge on any atom is 0.0497 e. The molecule has 0 aliphatic carbocycles. The van der Waals surface area contributed by atoms with Gasteiger partial charge in [0.2, 0.25) is 0 Å². The fraction of sp³-hybridized carbons (Fsp3) is 1.00. The summed E-state index contributed by atoms with van der Waals surface area (Å²) in [6.45, 7) is 10.9. The molecule has 13 heavy (non-hydrogen) atoms. The van der Waals surface area contributed by atoms with Crippen molar-refractivity contribution in [3.63, 3.8) is 0 Å². The second-order valence-electron chi connectivity index (χ2n) is 4.22. The molecule has 0 bridgehead atoms. The van der Waals surface area contributed by atoms with Gasteiger partial charge in [-0.3, -0.25) is 0 Å². The molecule has 1 rings (SSSR count). The summed E-state index contributed by atoms with van der Waals surface area (Å²) in [7, 11) is 0.